The van der Waals surface area contributed by atoms with Crippen LogP contribution in [-0.4, -0.2) is 36.8 Å². The molecule has 7 heteroatoms. The summed E-state index contributed by atoms with van der Waals surface area (Å²) in [4.78, 5) is 13.1. The molecule has 1 aliphatic heterocycles. The van der Waals surface area contributed by atoms with E-state index in [-0.39, 0.29) is 17.9 Å². The Morgan fingerprint density at radius 1 is 1.53 bits per heavy atom. The zero-order valence-corrected chi connectivity index (χ0v) is 11.7. The number of halogens is 1. The van der Waals surface area contributed by atoms with Gasteiger partial charge in [-0.1, -0.05) is 11.6 Å². The van der Waals surface area contributed by atoms with Crippen molar-refractivity contribution in [1.29, 1.82) is 0 Å². The molecule has 1 aliphatic rings. The molecule has 2 heterocycles. The third kappa shape index (κ3) is 3.13. The molecule has 0 aliphatic carbocycles. The number of ether oxygens (including phenoxy) is 1. The predicted molar refractivity (Wildman–Crippen MR) is 72.0 cm³/mol. The highest BCUT2D eigenvalue weighted by Gasteiger charge is 2.29. The van der Waals surface area contributed by atoms with Crippen molar-refractivity contribution in [3.63, 3.8) is 0 Å². The van der Waals surface area contributed by atoms with Crippen LogP contribution in [0.4, 0.5) is 5.82 Å². The van der Waals surface area contributed by atoms with Crippen molar-refractivity contribution < 1.29 is 9.53 Å². The summed E-state index contributed by atoms with van der Waals surface area (Å²) < 4.78 is 5.68. The van der Waals surface area contributed by atoms with E-state index in [1.165, 1.54) is 0 Å². The maximum absolute atomic E-state index is 11.3. The standard InChI is InChI=1S/C12H17ClN4O2/c1-17(2)10-6-8(11(13)16-15-10)9-5-7(12(14)18)3-4-19-9/h6-7,9H,3-5H2,1-2H3,(H2,14,18). The first-order chi connectivity index (χ1) is 8.99. The van der Waals surface area contributed by atoms with Gasteiger partial charge in [0, 0.05) is 32.2 Å². The lowest BCUT2D eigenvalue weighted by Crippen LogP contribution is -2.31. The highest BCUT2D eigenvalue weighted by atomic mass is 35.5. The number of primary amides is 1. The maximum atomic E-state index is 11.3. The van der Waals surface area contributed by atoms with Gasteiger partial charge in [-0.25, -0.2) is 0 Å². The molecule has 2 rings (SSSR count). The van der Waals surface area contributed by atoms with E-state index in [1.54, 1.807) is 0 Å². The minimum atomic E-state index is -0.292. The molecule has 1 saturated heterocycles. The second-order valence-electron chi connectivity index (χ2n) is 4.83. The van der Waals surface area contributed by atoms with Crippen LogP contribution in [0.15, 0.2) is 6.07 Å². The number of amides is 1. The summed E-state index contributed by atoms with van der Waals surface area (Å²) in [5.74, 6) is 0.231. The molecular formula is C12H17ClN4O2. The summed E-state index contributed by atoms with van der Waals surface area (Å²) in [6.07, 6.45) is 0.934. The minimum absolute atomic E-state index is 0.175. The van der Waals surface area contributed by atoms with Gasteiger partial charge in [0.05, 0.1) is 6.10 Å². The van der Waals surface area contributed by atoms with Crippen LogP contribution >= 0.6 is 11.6 Å². The van der Waals surface area contributed by atoms with Crippen molar-refractivity contribution in [3.05, 3.63) is 16.8 Å². The number of nitrogens with zero attached hydrogens (tertiary/aromatic N) is 3. The first kappa shape index (κ1) is 14.0. The number of carbonyl (C=O) groups is 1. The van der Waals surface area contributed by atoms with Gasteiger partial charge in [-0.2, -0.15) is 0 Å². The van der Waals surface area contributed by atoms with Crippen LogP contribution in [0.1, 0.15) is 24.5 Å². The Labute approximate surface area is 116 Å². The maximum Gasteiger partial charge on any atom is 0.220 e. The van der Waals surface area contributed by atoms with Crippen LogP contribution in [0.2, 0.25) is 5.15 Å². The minimum Gasteiger partial charge on any atom is -0.373 e. The molecule has 1 aromatic heterocycles. The van der Waals surface area contributed by atoms with Gasteiger partial charge in [0.25, 0.3) is 0 Å². The summed E-state index contributed by atoms with van der Waals surface area (Å²) in [5.41, 5.74) is 6.12. The summed E-state index contributed by atoms with van der Waals surface area (Å²) in [5, 5.41) is 8.21. The fraction of sp³-hybridized carbons (Fsp3) is 0.583. The molecular weight excluding hydrogens is 268 g/mol. The average molecular weight is 285 g/mol. The highest BCUT2D eigenvalue weighted by Crippen LogP contribution is 2.35. The van der Waals surface area contributed by atoms with Gasteiger partial charge in [-0.15, -0.1) is 10.2 Å². The largest absolute Gasteiger partial charge is 0.373 e. The van der Waals surface area contributed by atoms with E-state index in [9.17, 15) is 4.79 Å². The van der Waals surface area contributed by atoms with E-state index >= 15 is 0 Å². The number of hydrogen-bond acceptors (Lipinski definition) is 5. The van der Waals surface area contributed by atoms with E-state index < -0.39 is 0 Å². The Morgan fingerprint density at radius 2 is 2.26 bits per heavy atom. The van der Waals surface area contributed by atoms with Crippen LogP contribution < -0.4 is 10.6 Å². The SMILES string of the molecule is CN(C)c1cc(C2CC(C(N)=O)CCO2)c(Cl)nn1. The lowest BCUT2D eigenvalue weighted by Gasteiger charge is -2.28. The topological polar surface area (TPSA) is 81.3 Å². The normalized spacial score (nSPS) is 23.1. The lowest BCUT2D eigenvalue weighted by molar-refractivity contribution is -0.126. The van der Waals surface area contributed by atoms with Gasteiger partial charge in [-0.3, -0.25) is 4.79 Å². The third-order valence-corrected chi connectivity index (χ3v) is 3.55. The second-order valence-corrected chi connectivity index (χ2v) is 5.18. The Morgan fingerprint density at radius 3 is 2.89 bits per heavy atom. The van der Waals surface area contributed by atoms with Gasteiger partial charge in [-0.05, 0) is 18.9 Å². The molecule has 19 heavy (non-hydrogen) atoms. The first-order valence-corrected chi connectivity index (χ1v) is 6.48. The van der Waals surface area contributed by atoms with Gasteiger partial charge >= 0.3 is 0 Å². The van der Waals surface area contributed by atoms with E-state index in [0.717, 1.165) is 5.56 Å². The molecule has 1 aromatic rings. The van der Waals surface area contributed by atoms with Crippen molar-refractivity contribution in [2.45, 2.75) is 18.9 Å². The predicted octanol–water partition coefficient (Wildman–Crippen LogP) is 1.15. The highest BCUT2D eigenvalue weighted by molar-refractivity contribution is 6.30. The zero-order chi connectivity index (χ0) is 14.0. The smallest absolute Gasteiger partial charge is 0.220 e. The van der Waals surface area contributed by atoms with E-state index in [1.807, 2.05) is 25.1 Å². The number of rotatable bonds is 3. The molecule has 0 saturated carbocycles. The van der Waals surface area contributed by atoms with E-state index in [4.69, 9.17) is 22.1 Å². The zero-order valence-electron chi connectivity index (χ0n) is 11.0. The summed E-state index contributed by atoms with van der Waals surface area (Å²) >= 11 is 6.07. The number of hydrogen-bond donors (Lipinski definition) is 1. The van der Waals surface area contributed by atoms with Gasteiger partial charge in [0.15, 0.2) is 11.0 Å². The third-order valence-electron chi connectivity index (χ3n) is 3.25. The molecule has 104 valence electrons. The fourth-order valence-electron chi connectivity index (χ4n) is 2.10. The number of aromatic nitrogens is 2. The van der Waals surface area contributed by atoms with Crippen LogP contribution in [0.3, 0.4) is 0 Å². The first-order valence-electron chi connectivity index (χ1n) is 6.10. The van der Waals surface area contributed by atoms with Gasteiger partial charge in [0.2, 0.25) is 5.91 Å². The molecule has 1 amide bonds. The molecule has 0 spiro atoms. The molecule has 2 N–H and O–H groups in total. The van der Waals surface area contributed by atoms with E-state index in [2.05, 4.69) is 10.2 Å². The van der Waals surface area contributed by atoms with Crippen LogP contribution in [0, 0.1) is 5.92 Å². The van der Waals surface area contributed by atoms with Gasteiger partial charge < -0.3 is 15.4 Å². The van der Waals surface area contributed by atoms with Crippen molar-refractivity contribution in [2.24, 2.45) is 11.7 Å². The summed E-state index contributed by atoms with van der Waals surface area (Å²) in [7, 11) is 3.74. The Kier molecular flexibility index (Phi) is 4.21. The number of carbonyl (C=O) groups excluding carboxylic acids is 1. The van der Waals surface area contributed by atoms with Gasteiger partial charge in [0.1, 0.15) is 0 Å². The lowest BCUT2D eigenvalue weighted by atomic mass is 9.92. The molecule has 0 bridgehead atoms. The summed E-state index contributed by atoms with van der Waals surface area (Å²) in [6.45, 7) is 0.494. The molecule has 2 atom stereocenters. The molecule has 0 aromatic carbocycles. The van der Waals surface area contributed by atoms with Crippen molar-refractivity contribution >= 4 is 23.3 Å². The fourth-order valence-corrected chi connectivity index (χ4v) is 2.31. The average Bonchev–Trinajstić information content (AvgIpc) is 2.39. The Hall–Kier alpha value is -1.40. The molecule has 0 radical (unpaired) electrons. The molecule has 2 unspecified atom stereocenters. The monoisotopic (exact) mass is 284 g/mol. The quantitative estimate of drug-likeness (QED) is 0.900. The van der Waals surface area contributed by atoms with Crippen molar-refractivity contribution in [1.82, 2.24) is 10.2 Å². The number of anilines is 1. The number of nitrogens with two attached hydrogens (primary N) is 1. The molecule has 1 fully saturated rings. The second kappa shape index (κ2) is 5.71. The van der Waals surface area contributed by atoms with Crippen LogP contribution in [-0.2, 0) is 9.53 Å². The Balaban J connectivity index is 2.25. The molecule has 6 nitrogen and oxygen atoms in total. The van der Waals surface area contributed by atoms with Crippen molar-refractivity contribution in [2.75, 3.05) is 25.6 Å². The van der Waals surface area contributed by atoms with Crippen LogP contribution in [0.25, 0.3) is 0 Å². The van der Waals surface area contributed by atoms with E-state index in [0.29, 0.717) is 30.4 Å². The summed E-state index contributed by atoms with van der Waals surface area (Å²) in [6, 6.07) is 1.84. The van der Waals surface area contributed by atoms with Crippen molar-refractivity contribution in [3.8, 4) is 0 Å². The van der Waals surface area contributed by atoms with Crippen LogP contribution in [0.5, 0.6) is 0 Å². The Bertz CT molecular complexity index is 481.